The van der Waals surface area contributed by atoms with E-state index in [1.165, 1.54) is 6.07 Å². The van der Waals surface area contributed by atoms with Gasteiger partial charge in [-0.1, -0.05) is 13.0 Å². The number of carbonyl (C=O) groups excluding carboxylic acids is 1. The van der Waals surface area contributed by atoms with Crippen LogP contribution in [0.1, 0.15) is 24.9 Å². The molecule has 0 spiro atoms. The maximum Gasteiger partial charge on any atom is 0.229 e. The molecule has 0 aliphatic carbocycles. The van der Waals surface area contributed by atoms with Crippen LogP contribution in [0.25, 0.3) is 0 Å². The average Bonchev–Trinajstić information content (AvgIpc) is 2.86. The van der Waals surface area contributed by atoms with Crippen molar-refractivity contribution in [3.8, 4) is 0 Å². The molecule has 3 rings (SSSR count). The van der Waals surface area contributed by atoms with E-state index in [-0.39, 0.29) is 30.6 Å². The first-order valence-corrected chi connectivity index (χ1v) is 7.83. The number of aromatic nitrogens is 2. The minimum Gasteiger partial charge on any atom is -0.365 e. The normalized spacial score (nSPS) is 17.4. The fourth-order valence-electron chi connectivity index (χ4n) is 2.86. The van der Waals surface area contributed by atoms with Crippen LogP contribution < -0.4 is 10.2 Å². The van der Waals surface area contributed by atoms with Crippen LogP contribution in [0.5, 0.6) is 0 Å². The molecule has 1 fully saturated rings. The van der Waals surface area contributed by atoms with Crippen LogP contribution in [-0.4, -0.2) is 28.5 Å². The molecule has 1 N–H and O–H groups in total. The quantitative estimate of drug-likeness (QED) is 0.935. The number of amides is 1. The van der Waals surface area contributed by atoms with Gasteiger partial charge in [-0.3, -0.25) is 4.79 Å². The van der Waals surface area contributed by atoms with Crippen molar-refractivity contribution in [2.75, 3.05) is 16.8 Å². The molecule has 24 heavy (non-hydrogen) atoms. The molecular weight excluding hydrogens is 314 g/mol. The van der Waals surface area contributed by atoms with Crippen molar-refractivity contribution in [1.29, 1.82) is 0 Å². The van der Waals surface area contributed by atoms with Crippen LogP contribution >= 0.6 is 0 Å². The number of hydrogen-bond acceptors (Lipinski definition) is 4. The fraction of sp³-hybridized carbons (Fsp3) is 0.353. The summed E-state index contributed by atoms with van der Waals surface area (Å²) >= 11 is 0. The van der Waals surface area contributed by atoms with Crippen LogP contribution in [0.2, 0.25) is 0 Å². The van der Waals surface area contributed by atoms with E-state index in [9.17, 15) is 13.6 Å². The highest BCUT2D eigenvalue weighted by Gasteiger charge is 2.33. The van der Waals surface area contributed by atoms with Crippen molar-refractivity contribution in [1.82, 2.24) is 9.97 Å². The number of rotatable bonds is 4. The molecule has 0 bridgehead atoms. The molecule has 7 heteroatoms. The van der Waals surface area contributed by atoms with Gasteiger partial charge in [-0.15, -0.1) is 0 Å². The Labute approximate surface area is 138 Å². The van der Waals surface area contributed by atoms with Crippen molar-refractivity contribution >= 4 is 17.4 Å². The summed E-state index contributed by atoms with van der Waals surface area (Å²) in [5, 5.41) is 3.17. The topological polar surface area (TPSA) is 58.1 Å². The van der Waals surface area contributed by atoms with Crippen molar-refractivity contribution < 1.29 is 13.6 Å². The van der Waals surface area contributed by atoms with Crippen LogP contribution in [-0.2, 0) is 11.2 Å². The van der Waals surface area contributed by atoms with E-state index in [0.717, 1.165) is 29.1 Å². The van der Waals surface area contributed by atoms with Gasteiger partial charge in [0, 0.05) is 24.7 Å². The van der Waals surface area contributed by atoms with Gasteiger partial charge in [0.25, 0.3) is 0 Å². The maximum absolute atomic E-state index is 13.9. The summed E-state index contributed by atoms with van der Waals surface area (Å²) in [5.41, 5.74) is 0.603. The predicted molar refractivity (Wildman–Crippen MR) is 86.9 cm³/mol. The van der Waals surface area contributed by atoms with Gasteiger partial charge >= 0.3 is 0 Å². The molecule has 2 heterocycles. The Hall–Kier alpha value is -2.57. The number of nitrogens with zero attached hydrogens (tertiary/aromatic N) is 3. The fourth-order valence-corrected chi connectivity index (χ4v) is 2.86. The lowest BCUT2D eigenvalue weighted by Crippen LogP contribution is -2.29. The van der Waals surface area contributed by atoms with Crippen molar-refractivity contribution in [3.05, 3.63) is 47.4 Å². The number of nitrogens with one attached hydrogen (secondary N) is 1. The molecule has 1 aliphatic rings. The first kappa shape index (κ1) is 16.3. The SMILES string of the molecule is CCc1cc(NC2CC(=O)N(c3c(F)cccc3F)C2)nc(C)n1. The number of hydrogen-bond donors (Lipinski definition) is 1. The molecule has 126 valence electrons. The molecular formula is C17H18F2N4O. The van der Waals surface area contributed by atoms with Crippen LogP contribution in [0.3, 0.4) is 0 Å². The third-order valence-electron chi connectivity index (χ3n) is 3.94. The highest BCUT2D eigenvalue weighted by molar-refractivity contribution is 5.96. The molecule has 0 saturated carbocycles. The van der Waals surface area contributed by atoms with Gasteiger partial charge in [-0.25, -0.2) is 18.7 Å². The zero-order chi connectivity index (χ0) is 17.3. The summed E-state index contributed by atoms with van der Waals surface area (Å²) in [4.78, 5) is 21.9. The second kappa shape index (κ2) is 6.51. The lowest BCUT2D eigenvalue weighted by atomic mass is 10.2. The van der Waals surface area contributed by atoms with Crippen molar-refractivity contribution in [2.24, 2.45) is 0 Å². The molecule has 1 amide bonds. The largest absolute Gasteiger partial charge is 0.365 e. The third kappa shape index (κ3) is 3.20. The molecule has 5 nitrogen and oxygen atoms in total. The number of halogens is 2. The summed E-state index contributed by atoms with van der Waals surface area (Å²) in [7, 11) is 0. The number of anilines is 2. The minimum atomic E-state index is -0.741. The smallest absolute Gasteiger partial charge is 0.229 e. The Morgan fingerprint density at radius 2 is 2.00 bits per heavy atom. The van der Waals surface area contributed by atoms with Crippen LogP contribution in [0, 0.1) is 18.6 Å². The Kier molecular flexibility index (Phi) is 4.42. The minimum absolute atomic E-state index is 0.151. The molecule has 1 unspecified atom stereocenters. The molecule has 1 saturated heterocycles. The Morgan fingerprint density at radius 3 is 2.67 bits per heavy atom. The second-order valence-corrected chi connectivity index (χ2v) is 5.77. The number of carbonyl (C=O) groups is 1. The zero-order valence-corrected chi connectivity index (χ0v) is 13.5. The molecule has 1 atom stereocenters. The summed E-state index contributed by atoms with van der Waals surface area (Å²) in [6, 6.07) is 5.13. The van der Waals surface area contributed by atoms with E-state index < -0.39 is 11.6 Å². The van der Waals surface area contributed by atoms with Crippen molar-refractivity contribution in [2.45, 2.75) is 32.7 Å². The molecule has 0 radical (unpaired) electrons. The number of para-hydroxylation sites is 1. The highest BCUT2D eigenvalue weighted by atomic mass is 19.1. The summed E-state index contributed by atoms with van der Waals surface area (Å²) < 4.78 is 27.8. The molecule has 2 aromatic rings. The van der Waals surface area contributed by atoms with E-state index >= 15 is 0 Å². The first-order valence-electron chi connectivity index (χ1n) is 7.83. The second-order valence-electron chi connectivity index (χ2n) is 5.77. The molecule has 1 aromatic carbocycles. The van der Waals surface area contributed by atoms with Gasteiger partial charge in [-0.05, 0) is 25.5 Å². The molecule has 1 aliphatic heterocycles. The summed E-state index contributed by atoms with van der Waals surface area (Å²) in [6.07, 6.45) is 0.923. The lowest BCUT2D eigenvalue weighted by Gasteiger charge is -2.19. The van der Waals surface area contributed by atoms with E-state index in [1.54, 1.807) is 6.92 Å². The summed E-state index contributed by atoms with van der Waals surface area (Å²) in [5.74, 6) is -0.547. The van der Waals surface area contributed by atoms with Crippen molar-refractivity contribution in [3.63, 3.8) is 0 Å². The zero-order valence-electron chi connectivity index (χ0n) is 13.5. The van der Waals surface area contributed by atoms with E-state index in [4.69, 9.17) is 0 Å². The van der Waals surface area contributed by atoms with Gasteiger partial charge in [-0.2, -0.15) is 0 Å². The standard InChI is InChI=1S/C17H18F2N4O/c1-3-11-7-15(21-10(2)20-11)22-12-8-16(24)23(9-12)17-13(18)5-4-6-14(17)19/h4-7,12H,3,8-9H2,1-2H3,(H,20,21,22). The van der Waals surface area contributed by atoms with Gasteiger partial charge in [0.2, 0.25) is 5.91 Å². The Morgan fingerprint density at radius 1 is 1.29 bits per heavy atom. The van der Waals surface area contributed by atoms with Gasteiger partial charge in [0.1, 0.15) is 29.0 Å². The van der Waals surface area contributed by atoms with E-state index in [2.05, 4.69) is 15.3 Å². The van der Waals surface area contributed by atoms with Gasteiger partial charge < -0.3 is 10.2 Å². The Balaban J connectivity index is 1.79. The average molecular weight is 332 g/mol. The Bertz CT molecular complexity index is 761. The maximum atomic E-state index is 13.9. The van der Waals surface area contributed by atoms with Gasteiger partial charge in [0.05, 0.1) is 6.04 Å². The van der Waals surface area contributed by atoms with Crippen LogP contribution in [0.15, 0.2) is 24.3 Å². The monoisotopic (exact) mass is 332 g/mol. The number of aryl methyl sites for hydroxylation is 2. The van der Waals surface area contributed by atoms with Crippen LogP contribution in [0.4, 0.5) is 20.3 Å². The predicted octanol–water partition coefficient (Wildman–Crippen LogP) is 2.84. The van der Waals surface area contributed by atoms with E-state index in [0.29, 0.717) is 11.6 Å². The number of benzene rings is 1. The van der Waals surface area contributed by atoms with E-state index in [1.807, 2.05) is 13.0 Å². The summed E-state index contributed by atoms with van der Waals surface area (Å²) in [6.45, 7) is 3.97. The third-order valence-corrected chi connectivity index (χ3v) is 3.94. The first-order chi connectivity index (χ1) is 11.5. The molecule has 1 aromatic heterocycles. The highest BCUT2D eigenvalue weighted by Crippen LogP contribution is 2.28. The lowest BCUT2D eigenvalue weighted by molar-refractivity contribution is -0.117. The van der Waals surface area contributed by atoms with Gasteiger partial charge in [0.15, 0.2) is 0 Å².